The van der Waals surface area contributed by atoms with Crippen molar-refractivity contribution in [3.8, 4) is 0 Å². The van der Waals surface area contributed by atoms with Gasteiger partial charge in [0.15, 0.2) is 0 Å². The molecule has 94 valence electrons. The summed E-state index contributed by atoms with van der Waals surface area (Å²) in [7, 11) is 0. The second-order valence-corrected chi connectivity index (χ2v) is 7.26. The van der Waals surface area contributed by atoms with E-state index in [0.29, 0.717) is 6.04 Å². The van der Waals surface area contributed by atoms with Crippen LogP contribution in [-0.2, 0) is 13.0 Å². The SMILES string of the molecule is Brc1cc2c(s1)CCCC2NCc1ccccc1. The maximum absolute atomic E-state index is 3.69. The molecule has 0 aliphatic heterocycles. The van der Waals surface area contributed by atoms with Crippen molar-refractivity contribution in [3.63, 3.8) is 0 Å². The quantitative estimate of drug-likeness (QED) is 0.865. The lowest BCUT2D eigenvalue weighted by Crippen LogP contribution is -2.23. The van der Waals surface area contributed by atoms with Crippen LogP contribution in [-0.4, -0.2) is 0 Å². The largest absolute Gasteiger partial charge is 0.306 e. The van der Waals surface area contributed by atoms with E-state index in [9.17, 15) is 0 Å². The lowest BCUT2D eigenvalue weighted by molar-refractivity contribution is 0.463. The first kappa shape index (κ1) is 12.4. The summed E-state index contributed by atoms with van der Waals surface area (Å²) in [4.78, 5) is 1.55. The molecule has 1 heterocycles. The molecule has 0 bridgehead atoms. The topological polar surface area (TPSA) is 12.0 Å². The standard InChI is InChI=1S/C15H16BrNS/c16-15-9-12-13(7-4-8-14(12)18-15)17-10-11-5-2-1-3-6-11/h1-3,5-6,9,13,17H,4,7-8,10H2. The van der Waals surface area contributed by atoms with Crippen molar-refractivity contribution >= 4 is 27.3 Å². The van der Waals surface area contributed by atoms with E-state index in [0.717, 1.165) is 6.54 Å². The van der Waals surface area contributed by atoms with E-state index in [1.165, 1.54) is 34.2 Å². The monoisotopic (exact) mass is 321 g/mol. The van der Waals surface area contributed by atoms with Crippen LogP contribution in [0.25, 0.3) is 0 Å². The number of hydrogen-bond donors (Lipinski definition) is 1. The summed E-state index contributed by atoms with van der Waals surface area (Å²) < 4.78 is 1.26. The molecule has 0 fully saturated rings. The number of fused-ring (bicyclic) bond motifs is 1. The summed E-state index contributed by atoms with van der Waals surface area (Å²) in [5.41, 5.74) is 2.87. The second-order valence-electron chi connectivity index (χ2n) is 4.74. The normalized spacial score (nSPS) is 18.6. The molecule has 3 rings (SSSR count). The Morgan fingerprint density at radius 1 is 1.28 bits per heavy atom. The minimum atomic E-state index is 0.525. The van der Waals surface area contributed by atoms with Crippen molar-refractivity contribution < 1.29 is 0 Å². The zero-order valence-electron chi connectivity index (χ0n) is 10.2. The third kappa shape index (κ3) is 2.68. The average molecular weight is 322 g/mol. The predicted molar refractivity (Wildman–Crippen MR) is 81.0 cm³/mol. The van der Waals surface area contributed by atoms with E-state index >= 15 is 0 Å². The van der Waals surface area contributed by atoms with E-state index in [4.69, 9.17) is 0 Å². The van der Waals surface area contributed by atoms with Crippen molar-refractivity contribution in [2.45, 2.75) is 31.8 Å². The Hall–Kier alpha value is -0.640. The number of rotatable bonds is 3. The summed E-state index contributed by atoms with van der Waals surface area (Å²) in [6, 6.07) is 13.5. The Morgan fingerprint density at radius 2 is 2.11 bits per heavy atom. The molecule has 2 aromatic rings. The highest BCUT2D eigenvalue weighted by molar-refractivity contribution is 9.11. The summed E-state index contributed by atoms with van der Waals surface area (Å²) in [6.07, 6.45) is 3.80. The molecule has 1 unspecified atom stereocenters. The van der Waals surface area contributed by atoms with Crippen LogP contribution in [0.5, 0.6) is 0 Å². The molecule has 18 heavy (non-hydrogen) atoms. The molecule has 0 amide bonds. The predicted octanol–water partition coefficient (Wildman–Crippen LogP) is 4.68. The van der Waals surface area contributed by atoms with Crippen LogP contribution in [0.15, 0.2) is 40.2 Å². The van der Waals surface area contributed by atoms with Gasteiger partial charge in [-0.05, 0) is 52.4 Å². The zero-order chi connectivity index (χ0) is 12.4. The lowest BCUT2D eigenvalue weighted by atomic mass is 9.94. The molecule has 1 atom stereocenters. The highest BCUT2D eigenvalue weighted by atomic mass is 79.9. The molecule has 1 aliphatic carbocycles. The molecular formula is C15H16BrNS. The summed E-state index contributed by atoms with van der Waals surface area (Å²) >= 11 is 5.50. The van der Waals surface area contributed by atoms with Crippen LogP contribution in [0.4, 0.5) is 0 Å². The molecule has 1 aliphatic rings. The minimum Gasteiger partial charge on any atom is -0.306 e. The van der Waals surface area contributed by atoms with Crippen LogP contribution in [0.3, 0.4) is 0 Å². The van der Waals surface area contributed by atoms with E-state index < -0.39 is 0 Å². The maximum Gasteiger partial charge on any atom is 0.0704 e. The summed E-state index contributed by atoms with van der Waals surface area (Å²) in [5.74, 6) is 0. The Labute approximate surface area is 120 Å². The van der Waals surface area contributed by atoms with E-state index in [-0.39, 0.29) is 0 Å². The van der Waals surface area contributed by atoms with Gasteiger partial charge >= 0.3 is 0 Å². The van der Waals surface area contributed by atoms with Crippen molar-refractivity contribution in [3.05, 3.63) is 56.2 Å². The summed E-state index contributed by atoms with van der Waals surface area (Å²) in [6.45, 7) is 0.957. The Morgan fingerprint density at radius 3 is 2.94 bits per heavy atom. The average Bonchev–Trinajstić information content (AvgIpc) is 2.78. The van der Waals surface area contributed by atoms with E-state index in [2.05, 4.69) is 57.6 Å². The number of hydrogen-bond acceptors (Lipinski definition) is 2. The van der Waals surface area contributed by atoms with Crippen LogP contribution in [0.2, 0.25) is 0 Å². The first-order chi connectivity index (χ1) is 8.83. The third-order valence-corrected chi connectivity index (χ3v) is 5.19. The molecule has 0 saturated heterocycles. The fourth-order valence-electron chi connectivity index (χ4n) is 2.57. The van der Waals surface area contributed by atoms with Gasteiger partial charge in [0, 0.05) is 17.5 Å². The van der Waals surface area contributed by atoms with Gasteiger partial charge in [-0.15, -0.1) is 11.3 Å². The van der Waals surface area contributed by atoms with Gasteiger partial charge in [-0.25, -0.2) is 0 Å². The van der Waals surface area contributed by atoms with Crippen LogP contribution < -0.4 is 5.32 Å². The highest BCUT2D eigenvalue weighted by Crippen LogP contribution is 2.37. The first-order valence-corrected chi connectivity index (χ1v) is 7.99. The zero-order valence-corrected chi connectivity index (χ0v) is 12.6. The van der Waals surface area contributed by atoms with Gasteiger partial charge in [-0.1, -0.05) is 30.3 Å². The molecular weight excluding hydrogens is 306 g/mol. The molecule has 3 heteroatoms. The van der Waals surface area contributed by atoms with Gasteiger partial charge in [0.1, 0.15) is 0 Å². The van der Waals surface area contributed by atoms with Crippen LogP contribution in [0, 0.1) is 0 Å². The number of halogens is 1. The summed E-state index contributed by atoms with van der Waals surface area (Å²) in [5, 5.41) is 3.69. The first-order valence-electron chi connectivity index (χ1n) is 6.38. The van der Waals surface area contributed by atoms with Gasteiger partial charge in [-0.2, -0.15) is 0 Å². The molecule has 0 spiro atoms. The minimum absolute atomic E-state index is 0.525. The Balaban J connectivity index is 1.71. The number of nitrogens with one attached hydrogen (secondary N) is 1. The van der Waals surface area contributed by atoms with Crippen molar-refractivity contribution in [1.82, 2.24) is 5.32 Å². The van der Waals surface area contributed by atoms with Crippen molar-refractivity contribution in [2.24, 2.45) is 0 Å². The molecule has 1 aromatic heterocycles. The third-order valence-electron chi connectivity index (χ3n) is 3.48. The maximum atomic E-state index is 3.69. The molecule has 1 nitrogen and oxygen atoms in total. The van der Waals surface area contributed by atoms with Gasteiger partial charge < -0.3 is 5.32 Å². The van der Waals surface area contributed by atoms with E-state index in [1.807, 2.05) is 11.3 Å². The van der Waals surface area contributed by atoms with Crippen LogP contribution >= 0.6 is 27.3 Å². The van der Waals surface area contributed by atoms with Crippen LogP contribution in [0.1, 0.15) is 34.9 Å². The molecule has 1 N–H and O–H groups in total. The number of benzene rings is 1. The smallest absolute Gasteiger partial charge is 0.0704 e. The molecule has 0 radical (unpaired) electrons. The van der Waals surface area contributed by atoms with Crippen molar-refractivity contribution in [1.29, 1.82) is 0 Å². The van der Waals surface area contributed by atoms with Crippen molar-refractivity contribution in [2.75, 3.05) is 0 Å². The van der Waals surface area contributed by atoms with Gasteiger partial charge in [0.05, 0.1) is 3.79 Å². The molecule has 1 aromatic carbocycles. The van der Waals surface area contributed by atoms with E-state index in [1.54, 1.807) is 4.88 Å². The number of thiophene rings is 1. The fraction of sp³-hybridized carbons (Fsp3) is 0.333. The highest BCUT2D eigenvalue weighted by Gasteiger charge is 2.21. The van der Waals surface area contributed by atoms with Gasteiger partial charge in [0.2, 0.25) is 0 Å². The number of aryl methyl sites for hydroxylation is 1. The lowest BCUT2D eigenvalue weighted by Gasteiger charge is -2.23. The Kier molecular flexibility index (Phi) is 3.83. The Bertz CT molecular complexity index is 521. The fourth-order valence-corrected chi connectivity index (χ4v) is 4.39. The van der Waals surface area contributed by atoms with Gasteiger partial charge in [-0.3, -0.25) is 0 Å². The van der Waals surface area contributed by atoms with Gasteiger partial charge in [0.25, 0.3) is 0 Å². The second kappa shape index (κ2) is 5.55. The molecule has 0 saturated carbocycles.